The Bertz CT molecular complexity index is 579. The Labute approximate surface area is 109 Å². The lowest BCUT2D eigenvalue weighted by Crippen LogP contribution is -2.11. The van der Waals surface area contributed by atoms with E-state index in [2.05, 4.69) is 25.3 Å². The van der Waals surface area contributed by atoms with E-state index in [-0.39, 0.29) is 5.28 Å². The van der Waals surface area contributed by atoms with Crippen LogP contribution in [0.4, 0.5) is 5.95 Å². The summed E-state index contributed by atoms with van der Waals surface area (Å²) in [6.45, 7) is 0. The van der Waals surface area contributed by atoms with Crippen LogP contribution in [-0.2, 0) is 12.8 Å². The molecule has 94 valence electrons. The molecule has 0 unspecified atom stereocenters. The summed E-state index contributed by atoms with van der Waals surface area (Å²) < 4.78 is 1.91. The Kier molecular flexibility index (Phi) is 2.87. The van der Waals surface area contributed by atoms with Gasteiger partial charge < -0.3 is 5.32 Å². The quantitative estimate of drug-likeness (QED) is 0.893. The highest BCUT2D eigenvalue weighted by molar-refractivity contribution is 6.28. The third-order valence-electron chi connectivity index (χ3n) is 3.07. The third kappa shape index (κ3) is 1.92. The van der Waals surface area contributed by atoms with Gasteiger partial charge in [-0.25, -0.2) is 4.98 Å². The van der Waals surface area contributed by atoms with E-state index in [9.17, 15) is 0 Å². The van der Waals surface area contributed by atoms with Crippen molar-refractivity contribution in [1.29, 1.82) is 0 Å². The summed E-state index contributed by atoms with van der Waals surface area (Å²) in [5, 5.41) is 3.05. The number of aromatic nitrogens is 5. The number of imidazole rings is 1. The maximum atomic E-state index is 5.89. The molecule has 0 saturated carbocycles. The van der Waals surface area contributed by atoms with Gasteiger partial charge in [-0.3, -0.25) is 4.57 Å². The Morgan fingerprint density at radius 2 is 2.06 bits per heavy atom. The zero-order valence-electron chi connectivity index (χ0n) is 10.0. The summed E-state index contributed by atoms with van der Waals surface area (Å²) in [5.41, 5.74) is 2.33. The SMILES string of the molecule is CNc1nc(Cl)nc(-n2cnc3c2CCCC3)n1. The first-order valence-electron chi connectivity index (χ1n) is 5.92. The highest BCUT2D eigenvalue weighted by Gasteiger charge is 2.18. The molecule has 1 aliphatic rings. The highest BCUT2D eigenvalue weighted by atomic mass is 35.5. The number of nitrogens with zero attached hydrogens (tertiary/aromatic N) is 5. The zero-order chi connectivity index (χ0) is 12.5. The van der Waals surface area contributed by atoms with E-state index in [1.807, 2.05) is 4.57 Å². The van der Waals surface area contributed by atoms with Crippen LogP contribution < -0.4 is 5.32 Å². The van der Waals surface area contributed by atoms with Crippen LogP contribution in [-0.4, -0.2) is 31.6 Å². The minimum atomic E-state index is 0.183. The van der Waals surface area contributed by atoms with E-state index < -0.39 is 0 Å². The van der Waals surface area contributed by atoms with E-state index in [1.165, 1.54) is 18.5 Å². The highest BCUT2D eigenvalue weighted by Crippen LogP contribution is 2.22. The van der Waals surface area contributed by atoms with Gasteiger partial charge in [-0.1, -0.05) is 0 Å². The van der Waals surface area contributed by atoms with E-state index >= 15 is 0 Å². The second-order valence-electron chi connectivity index (χ2n) is 4.19. The van der Waals surface area contributed by atoms with Crippen LogP contribution in [0.15, 0.2) is 6.33 Å². The maximum Gasteiger partial charge on any atom is 0.241 e. The molecule has 0 aromatic carbocycles. The first-order chi connectivity index (χ1) is 8.78. The van der Waals surface area contributed by atoms with Crippen molar-refractivity contribution >= 4 is 17.5 Å². The number of hydrogen-bond acceptors (Lipinski definition) is 5. The van der Waals surface area contributed by atoms with Gasteiger partial charge in [0.25, 0.3) is 0 Å². The molecule has 0 atom stereocenters. The predicted molar refractivity (Wildman–Crippen MR) is 68.1 cm³/mol. The number of nitrogens with one attached hydrogen (secondary N) is 1. The largest absolute Gasteiger partial charge is 0.357 e. The van der Waals surface area contributed by atoms with Gasteiger partial charge in [0.2, 0.25) is 17.2 Å². The van der Waals surface area contributed by atoms with Gasteiger partial charge in [0.05, 0.1) is 5.69 Å². The summed E-state index contributed by atoms with van der Waals surface area (Å²) in [7, 11) is 1.75. The summed E-state index contributed by atoms with van der Waals surface area (Å²) in [6.07, 6.45) is 6.18. The van der Waals surface area contributed by atoms with Crippen LogP contribution in [0.2, 0.25) is 5.28 Å². The van der Waals surface area contributed by atoms with E-state index in [0.717, 1.165) is 18.5 Å². The summed E-state index contributed by atoms with van der Waals surface area (Å²) in [4.78, 5) is 16.9. The van der Waals surface area contributed by atoms with Crippen LogP contribution >= 0.6 is 11.6 Å². The summed E-state index contributed by atoms with van der Waals surface area (Å²) in [6, 6.07) is 0. The first-order valence-corrected chi connectivity index (χ1v) is 6.30. The molecule has 18 heavy (non-hydrogen) atoms. The van der Waals surface area contributed by atoms with Crippen molar-refractivity contribution in [1.82, 2.24) is 24.5 Å². The van der Waals surface area contributed by atoms with Gasteiger partial charge in [-0.15, -0.1) is 0 Å². The number of hydrogen-bond donors (Lipinski definition) is 1. The average Bonchev–Trinajstić information content (AvgIpc) is 2.81. The van der Waals surface area contributed by atoms with Crippen molar-refractivity contribution in [3.8, 4) is 5.95 Å². The molecule has 0 saturated heterocycles. The smallest absolute Gasteiger partial charge is 0.241 e. The molecule has 6 nitrogen and oxygen atoms in total. The molecular weight excluding hydrogens is 252 g/mol. The van der Waals surface area contributed by atoms with Gasteiger partial charge in [0.1, 0.15) is 6.33 Å². The van der Waals surface area contributed by atoms with Gasteiger partial charge in [-0.2, -0.15) is 15.0 Å². The van der Waals surface area contributed by atoms with Crippen LogP contribution in [0, 0.1) is 0 Å². The Hall–Kier alpha value is -1.69. The number of anilines is 1. The molecule has 0 spiro atoms. The molecule has 2 aromatic heterocycles. The van der Waals surface area contributed by atoms with E-state index in [1.54, 1.807) is 13.4 Å². The number of rotatable bonds is 2. The molecular formula is C11H13ClN6. The molecule has 2 heterocycles. The molecule has 3 rings (SSSR count). The molecule has 0 amide bonds. The normalized spacial score (nSPS) is 14.3. The average molecular weight is 265 g/mol. The lowest BCUT2D eigenvalue weighted by Gasteiger charge is -2.13. The van der Waals surface area contributed by atoms with E-state index in [4.69, 9.17) is 11.6 Å². The molecule has 1 aliphatic carbocycles. The fourth-order valence-corrected chi connectivity index (χ4v) is 2.36. The lowest BCUT2D eigenvalue weighted by atomic mass is 10.0. The van der Waals surface area contributed by atoms with Crippen molar-refractivity contribution < 1.29 is 0 Å². The minimum absolute atomic E-state index is 0.183. The third-order valence-corrected chi connectivity index (χ3v) is 3.23. The number of aryl methyl sites for hydroxylation is 1. The maximum absolute atomic E-state index is 5.89. The van der Waals surface area contributed by atoms with E-state index in [0.29, 0.717) is 11.9 Å². The topological polar surface area (TPSA) is 68.5 Å². The summed E-state index contributed by atoms with van der Waals surface area (Å²) in [5.74, 6) is 0.984. The van der Waals surface area contributed by atoms with Crippen LogP contribution in [0.1, 0.15) is 24.2 Å². The second-order valence-corrected chi connectivity index (χ2v) is 4.53. The van der Waals surface area contributed by atoms with Crippen molar-refractivity contribution in [2.24, 2.45) is 0 Å². The minimum Gasteiger partial charge on any atom is -0.357 e. The molecule has 0 fully saturated rings. The second kappa shape index (κ2) is 4.53. The number of fused-ring (bicyclic) bond motifs is 1. The first kappa shape index (κ1) is 11.4. The predicted octanol–water partition coefficient (Wildman–Crippen LogP) is 1.63. The van der Waals surface area contributed by atoms with Crippen LogP contribution in [0.25, 0.3) is 5.95 Å². The van der Waals surface area contributed by atoms with Crippen LogP contribution in [0.3, 0.4) is 0 Å². The molecule has 7 heteroatoms. The van der Waals surface area contributed by atoms with Crippen LogP contribution in [0.5, 0.6) is 0 Å². The summed E-state index contributed by atoms with van der Waals surface area (Å²) >= 11 is 5.89. The van der Waals surface area contributed by atoms with Gasteiger partial charge in [-0.05, 0) is 37.3 Å². The fraction of sp³-hybridized carbons (Fsp3) is 0.455. The number of halogens is 1. The fourth-order valence-electron chi connectivity index (χ4n) is 2.20. The van der Waals surface area contributed by atoms with Crippen molar-refractivity contribution in [2.75, 3.05) is 12.4 Å². The molecule has 0 radical (unpaired) electrons. The Balaban J connectivity index is 2.09. The standard InChI is InChI=1S/C11H13ClN6/c1-13-10-15-9(12)16-11(17-10)18-6-14-7-4-2-3-5-8(7)18/h6H,2-5H2,1H3,(H,13,15,16,17). The van der Waals surface area contributed by atoms with Gasteiger partial charge >= 0.3 is 0 Å². The zero-order valence-corrected chi connectivity index (χ0v) is 10.8. The Morgan fingerprint density at radius 1 is 1.22 bits per heavy atom. The molecule has 0 aliphatic heterocycles. The molecule has 0 bridgehead atoms. The van der Waals surface area contributed by atoms with Gasteiger partial charge in [0.15, 0.2) is 0 Å². The monoisotopic (exact) mass is 264 g/mol. The van der Waals surface area contributed by atoms with Gasteiger partial charge in [0, 0.05) is 12.7 Å². The lowest BCUT2D eigenvalue weighted by molar-refractivity contribution is 0.651. The van der Waals surface area contributed by atoms with Crippen molar-refractivity contribution in [2.45, 2.75) is 25.7 Å². The molecule has 1 N–H and O–H groups in total. The van der Waals surface area contributed by atoms with Crippen molar-refractivity contribution in [3.63, 3.8) is 0 Å². The van der Waals surface area contributed by atoms with Crippen molar-refractivity contribution in [3.05, 3.63) is 23.0 Å². The Morgan fingerprint density at radius 3 is 2.89 bits per heavy atom. The molecule has 2 aromatic rings.